The summed E-state index contributed by atoms with van der Waals surface area (Å²) < 4.78 is 7.84. The fourth-order valence-electron chi connectivity index (χ4n) is 2.78. The fraction of sp³-hybridized carbons (Fsp3) is 0.714. The number of ether oxygens (including phenoxy) is 1. The van der Waals surface area contributed by atoms with Crippen LogP contribution in [0.15, 0.2) is 6.07 Å². The molecule has 1 aromatic rings. The van der Waals surface area contributed by atoms with Gasteiger partial charge in [0.15, 0.2) is 0 Å². The third-order valence-electron chi connectivity index (χ3n) is 3.65. The molecule has 17 heavy (non-hydrogen) atoms. The minimum atomic E-state index is 0.255. The van der Waals surface area contributed by atoms with Crippen molar-refractivity contribution in [1.82, 2.24) is 4.57 Å². The summed E-state index contributed by atoms with van der Waals surface area (Å²) in [5, 5.41) is 0. The average Bonchev–Trinajstić information content (AvgIpc) is 2.63. The SMILES string of the molecule is CCOCCCn1c(C)cc2c1CCCC2N. The molecule has 2 rings (SSSR count). The van der Waals surface area contributed by atoms with Gasteiger partial charge in [0, 0.05) is 37.2 Å². The zero-order valence-electron chi connectivity index (χ0n) is 11.0. The first-order valence-corrected chi connectivity index (χ1v) is 6.76. The fourth-order valence-corrected chi connectivity index (χ4v) is 2.78. The highest BCUT2D eigenvalue weighted by Crippen LogP contribution is 2.30. The molecule has 1 atom stereocenters. The Hall–Kier alpha value is -0.800. The van der Waals surface area contributed by atoms with Gasteiger partial charge in [-0.3, -0.25) is 0 Å². The van der Waals surface area contributed by atoms with Crippen molar-refractivity contribution in [2.24, 2.45) is 5.73 Å². The monoisotopic (exact) mass is 236 g/mol. The van der Waals surface area contributed by atoms with E-state index in [4.69, 9.17) is 10.5 Å². The predicted molar refractivity (Wildman–Crippen MR) is 70.1 cm³/mol. The third-order valence-corrected chi connectivity index (χ3v) is 3.65. The molecule has 1 aromatic heterocycles. The zero-order chi connectivity index (χ0) is 12.3. The predicted octanol–water partition coefficient (Wildman–Crippen LogP) is 2.56. The number of aromatic nitrogens is 1. The molecule has 0 saturated carbocycles. The van der Waals surface area contributed by atoms with Crippen LogP contribution < -0.4 is 5.73 Å². The molecule has 1 heterocycles. The van der Waals surface area contributed by atoms with Crippen molar-refractivity contribution in [3.05, 3.63) is 23.0 Å². The van der Waals surface area contributed by atoms with Gasteiger partial charge in [-0.2, -0.15) is 0 Å². The molecule has 0 spiro atoms. The van der Waals surface area contributed by atoms with Crippen molar-refractivity contribution in [2.45, 2.75) is 52.1 Å². The van der Waals surface area contributed by atoms with Gasteiger partial charge >= 0.3 is 0 Å². The quantitative estimate of drug-likeness (QED) is 0.798. The van der Waals surface area contributed by atoms with Gasteiger partial charge in [-0.15, -0.1) is 0 Å². The standard InChI is InChI=1S/C14H24N2O/c1-3-17-9-5-8-16-11(2)10-12-13(15)6-4-7-14(12)16/h10,13H,3-9,15H2,1-2H3. The molecular formula is C14H24N2O. The molecule has 96 valence electrons. The summed E-state index contributed by atoms with van der Waals surface area (Å²) in [6.45, 7) is 6.96. The van der Waals surface area contributed by atoms with E-state index < -0.39 is 0 Å². The molecule has 1 aliphatic carbocycles. The molecule has 0 bridgehead atoms. The van der Waals surface area contributed by atoms with Crippen LogP contribution in [0.25, 0.3) is 0 Å². The molecule has 3 heteroatoms. The Morgan fingerprint density at radius 2 is 2.35 bits per heavy atom. The minimum Gasteiger partial charge on any atom is -0.382 e. The Kier molecular flexibility index (Phi) is 4.24. The van der Waals surface area contributed by atoms with Gasteiger partial charge in [0.05, 0.1) is 0 Å². The smallest absolute Gasteiger partial charge is 0.0482 e. The molecule has 1 unspecified atom stereocenters. The van der Waals surface area contributed by atoms with E-state index >= 15 is 0 Å². The summed E-state index contributed by atoms with van der Waals surface area (Å²) in [7, 11) is 0. The highest BCUT2D eigenvalue weighted by Gasteiger charge is 2.21. The Morgan fingerprint density at radius 1 is 1.53 bits per heavy atom. The maximum Gasteiger partial charge on any atom is 0.0482 e. The Balaban J connectivity index is 2.06. The summed E-state index contributed by atoms with van der Waals surface area (Å²) in [6, 6.07) is 2.53. The summed E-state index contributed by atoms with van der Waals surface area (Å²) >= 11 is 0. The highest BCUT2D eigenvalue weighted by atomic mass is 16.5. The van der Waals surface area contributed by atoms with Crippen LogP contribution in [0.5, 0.6) is 0 Å². The maximum absolute atomic E-state index is 6.17. The van der Waals surface area contributed by atoms with E-state index in [1.807, 2.05) is 6.92 Å². The van der Waals surface area contributed by atoms with Gasteiger partial charge < -0.3 is 15.0 Å². The van der Waals surface area contributed by atoms with E-state index in [0.717, 1.165) is 32.6 Å². The van der Waals surface area contributed by atoms with E-state index in [0.29, 0.717) is 0 Å². The van der Waals surface area contributed by atoms with Gasteiger partial charge in [0.1, 0.15) is 0 Å². The number of hydrogen-bond acceptors (Lipinski definition) is 2. The Labute approximate surface area is 104 Å². The molecule has 3 nitrogen and oxygen atoms in total. The molecule has 1 aliphatic rings. The van der Waals surface area contributed by atoms with Gasteiger partial charge in [-0.05, 0) is 51.2 Å². The van der Waals surface area contributed by atoms with Crippen LogP contribution in [0.3, 0.4) is 0 Å². The number of hydrogen-bond donors (Lipinski definition) is 1. The highest BCUT2D eigenvalue weighted by molar-refractivity contribution is 5.32. The summed E-state index contributed by atoms with van der Waals surface area (Å²) in [4.78, 5) is 0. The third kappa shape index (κ3) is 2.72. The lowest BCUT2D eigenvalue weighted by molar-refractivity contribution is 0.141. The van der Waals surface area contributed by atoms with Crippen LogP contribution in [-0.4, -0.2) is 17.8 Å². The van der Waals surface area contributed by atoms with Gasteiger partial charge in [0.25, 0.3) is 0 Å². The largest absolute Gasteiger partial charge is 0.382 e. The molecule has 0 aromatic carbocycles. The molecule has 0 aliphatic heterocycles. The lowest BCUT2D eigenvalue weighted by Gasteiger charge is -2.21. The molecular weight excluding hydrogens is 212 g/mol. The van der Waals surface area contributed by atoms with Crippen LogP contribution in [0.1, 0.15) is 49.2 Å². The summed E-state index contributed by atoms with van der Waals surface area (Å²) in [6.07, 6.45) is 4.63. The first-order chi connectivity index (χ1) is 8.24. The number of nitrogens with two attached hydrogens (primary N) is 1. The lowest BCUT2D eigenvalue weighted by atomic mass is 9.93. The second-order valence-electron chi connectivity index (χ2n) is 4.89. The van der Waals surface area contributed by atoms with Crippen LogP contribution in [0.4, 0.5) is 0 Å². The van der Waals surface area contributed by atoms with E-state index in [1.54, 1.807) is 0 Å². The van der Waals surface area contributed by atoms with Gasteiger partial charge in [-0.25, -0.2) is 0 Å². The average molecular weight is 236 g/mol. The van der Waals surface area contributed by atoms with Crippen LogP contribution in [0, 0.1) is 6.92 Å². The summed E-state index contributed by atoms with van der Waals surface area (Å²) in [5.74, 6) is 0. The normalized spacial score (nSPS) is 19.4. The second kappa shape index (κ2) is 5.69. The second-order valence-corrected chi connectivity index (χ2v) is 4.89. The van der Waals surface area contributed by atoms with Crippen molar-refractivity contribution >= 4 is 0 Å². The molecule has 0 fully saturated rings. The van der Waals surface area contributed by atoms with Crippen LogP contribution in [-0.2, 0) is 17.7 Å². The Bertz CT molecular complexity index is 371. The summed E-state index contributed by atoms with van der Waals surface area (Å²) in [5.41, 5.74) is 10.4. The van der Waals surface area contributed by atoms with Gasteiger partial charge in [-0.1, -0.05) is 0 Å². The Morgan fingerprint density at radius 3 is 3.12 bits per heavy atom. The number of nitrogens with zero attached hydrogens (tertiary/aromatic N) is 1. The van der Waals surface area contributed by atoms with E-state index in [-0.39, 0.29) is 6.04 Å². The van der Waals surface area contributed by atoms with Crippen molar-refractivity contribution < 1.29 is 4.74 Å². The zero-order valence-corrected chi connectivity index (χ0v) is 11.0. The molecule has 0 amide bonds. The first kappa shape index (κ1) is 12.7. The molecule has 0 saturated heterocycles. The lowest BCUT2D eigenvalue weighted by Crippen LogP contribution is -2.18. The van der Waals surface area contributed by atoms with Crippen molar-refractivity contribution in [1.29, 1.82) is 0 Å². The minimum absolute atomic E-state index is 0.255. The molecule has 0 radical (unpaired) electrons. The van der Waals surface area contributed by atoms with E-state index in [1.165, 1.54) is 29.8 Å². The van der Waals surface area contributed by atoms with Crippen molar-refractivity contribution in [3.8, 4) is 0 Å². The van der Waals surface area contributed by atoms with Crippen LogP contribution in [0.2, 0.25) is 0 Å². The number of rotatable bonds is 5. The van der Waals surface area contributed by atoms with Crippen molar-refractivity contribution in [2.75, 3.05) is 13.2 Å². The van der Waals surface area contributed by atoms with E-state index in [9.17, 15) is 0 Å². The van der Waals surface area contributed by atoms with Gasteiger partial charge in [0.2, 0.25) is 0 Å². The number of aryl methyl sites for hydroxylation is 1. The first-order valence-electron chi connectivity index (χ1n) is 6.76. The molecule has 2 N–H and O–H groups in total. The topological polar surface area (TPSA) is 40.2 Å². The maximum atomic E-state index is 6.17. The van der Waals surface area contributed by atoms with E-state index in [2.05, 4.69) is 17.6 Å². The number of fused-ring (bicyclic) bond motifs is 1. The van der Waals surface area contributed by atoms with Crippen molar-refractivity contribution in [3.63, 3.8) is 0 Å². The van der Waals surface area contributed by atoms with Crippen LogP contribution >= 0.6 is 0 Å².